The zero-order chi connectivity index (χ0) is 28.3. The molecule has 3 aromatic rings. The molecule has 0 radical (unpaired) electrons. The molecule has 0 aromatic heterocycles. The van der Waals surface area contributed by atoms with Gasteiger partial charge in [-0.15, -0.1) is 0 Å². The quantitative estimate of drug-likeness (QED) is 0.238. The maximum Gasteiger partial charge on any atom is 0.220 e. The van der Waals surface area contributed by atoms with E-state index in [-0.39, 0.29) is 34.4 Å². The summed E-state index contributed by atoms with van der Waals surface area (Å²) in [5.41, 5.74) is 5.45. The van der Waals surface area contributed by atoms with Crippen molar-refractivity contribution in [3.63, 3.8) is 0 Å². The lowest BCUT2D eigenvalue weighted by Crippen LogP contribution is -2.44. The van der Waals surface area contributed by atoms with Crippen molar-refractivity contribution in [1.29, 1.82) is 0 Å². The van der Waals surface area contributed by atoms with Crippen molar-refractivity contribution >= 4 is 23.8 Å². The third-order valence-electron chi connectivity index (χ3n) is 8.16. The zero-order valence-corrected chi connectivity index (χ0v) is 23.7. The molecule has 3 aromatic carbocycles. The summed E-state index contributed by atoms with van der Waals surface area (Å²) in [6, 6.07) is 15.0. The molecule has 2 saturated heterocycles. The van der Waals surface area contributed by atoms with Gasteiger partial charge in [0.1, 0.15) is 23.9 Å². The number of halogens is 1. The van der Waals surface area contributed by atoms with E-state index in [1.54, 1.807) is 0 Å². The van der Waals surface area contributed by atoms with Crippen molar-refractivity contribution in [2.45, 2.75) is 51.7 Å². The Morgan fingerprint density at radius 1 is 1.05 bits per heavy atom. The molecule has 2 heterocycles. The first kappa shape index (κ1) is 28.0. The van der Waals surface area contributed by atoms with Crippen LogP contribution in [0, 0.1) is 13.8 Å². The number of ether oxygens (including phenoxy) is 2. The molecule has 8 heteroatoms. The molecule has 1 atom stereocenters. The molecule has 0 saturated carbocycles. The Kier molecular flexibility index (Phi) is 8.33. The third kappa shape index (κ3) is 5.96. The number of likely N-dealkylation sites (tertiary alicyclic amines) is 1. The van der Waals surface area contributed by atoms with Gasteiger partial charge in [0.25, 0.3) is 0 Å². The van der Waals surface area contributed by atoms with Crippen LogP contribution in [0.4, 0.5) is 0 Å². The van der Waals surface area contributed by atoms with Crippen LogP contribution in [0.3, 0.4) is 0 Å². The van der Waals surface area contributed by atoms with Gasteiger partial charge in [0.05, 0.1) is 22.7 Å². The van der Waals surface area contributed by atoms with Gasteiger partial charge in [0.2, 0.25) is 5.91 Å². The SMILES string of the molecule is Cc1c(COc2cc(O)c(C=O)cc2Cl)cccc1-c1cccc(OCCCN2CCC3(CCC(=O)N3)C2)c1C. The molecular weight excluding hydrogens is 528 g/mol. The Labute approximate surface area is 240 Å². The number of phenols is 1. The van der Waals surface area contributed by atoms with E-state index < -0.39 is 0 Å². The predicted molar refractivity (Wildman–Crippen MR) is 155 cm³/mol. The molecule has 40 heavy (non-hydrogen) atoms. The molecular formula is C32H35ClN2O5. The summed E-state index contributed by atoms with van der Waals surface area (Å²) in [4.78, 5) is 25.2. The number of hydrogen-bond donors (Lipinski definition) is 2. The molecule has 2 fully saturated rings. The predicted octanol–water partition coefficient (Wildman–Crippen LogP) is 5.84. The third-order valence-corrected chi connectivity index (χ3v) is 8.45. The van der Waals surface area contributed by atoms with E-state index in [4.69, 9.17) is 21.1 Å². The lowest BCUT2D eigenvalue weighted by Gasteiger charge is -2.24. The van der Waals surface area contributed by atoms with Crippen LogP contribution in [-0.4, -0.2) is 54.0 Å². The average Bonchev–Trinajstić information content (AvgIpc) is 3.52. The van der Waals surface area contributed by atoms with Crippen molar-refractivity contribution in [3.8, 4) is 28.4 Å². The summed E-state index contributed by atoms with van der Waals surface area (Å²) in [5, 5.41) is 13.5. The molecule has 5 rings (SSSR count). The standard InChI is InChI=1S/C32H35ClN2O5/c1-21-23(19-40-30-17-28(37)24(18-36)16-27(30)33)6-3-7-25(21)26-8-4-9-29(22(26)2)39-15-5-13-35-14-12-32(20-35)11-10-31(38)34-32/h3-4,6-9,16-18,37H,5,10-15,19-20H2,1-2H3,(H,34,38). The van der Waals surface area contributed by atoms with Crippen molar-refractivity contribution < 1.29 is 24.2 Å². The number of amides is 1. The minimum Gasteiger partial charge on any atom is -0.507 e. The van der Waals surface area contributed by atoms with Crippen LogP contribution >= 0.6 is 11.6 Å². The molecule has 2 N–H and O–H groups in total. The molecule has 210 valence electrons. The van der Waals surface area contributed by atoms with Gasteiger partial charge in [0, 0.05) is 32.1 Å². The van der Waals surface area contributed by atoms with Gasteiger partial charge >= 0.3 is 0 Å². The van der Waals surface area contributed by atoms with E-state index in [9.17, 15) is 14.7 Å². The number of aromatic hydroxyl groups is 1. The lowest BCUT2D eigenvalue weighted by molar-refractivity contribution is -0.119. The number of aldehydes is 1. The number of benzene rings is 3. The normalized spacial score (nSPS) is 18.7. The van der Waals surface area contributed by atoms with Gasteiger partial charge in [-0.2, -0.15) is 0 Å². The van der Waals surface area contributed by atoms with Crippen LogP contribution in [-0.2, 0) is 11.4 Å². The monoisotopic (exact) mass is 562 g/mol. The minimum absolute atomic E-state index is 0.00464. The summed E-state index contributed by atoms with van der Waals surface area (Å²) in [5.74, 6) is 1.21. The molecule has 1 unspecified atom stereocenters. The summed E-state index contributed by atoms with van der Waals surface area (Å²) in [7, 11) is 0. The highest BCUT2D eigenvalue weighted by molar-refractivity contribution is 6.32. The molecule has 0 aliphatic carbocycles. The van der Waals surface area contributed by atoms with Crippen LogP contribution in [0.15, 0.2) is 48.5 Å². The summed E-state index contributed by atoms with van der Waals surface area (Å²) in [6.45, 7) is 7.94. The fourth-order valence-corrected chi connectivity index (χ4v) is 6.04. The Morgan fingerprint density at radius 3 is 2.58 bits per heavy atom. The molecule has 2 aliphatic heterocycles. The summed E-state index contributed by atoms with van der Waals surface area (Å²) >= 11 is 6.25. The van der Waals surface area contributed by atoms with Gasteiger partial charge in [0.15, 0.2) is 6.29 Å². The molecule has 0 bridgehead atoms. The van der Waals surface area contributed by atoms with Gasteiger partial charge in [-0.05, 0) is 73.1 Å². The number of rotatable bonds is 10. The topological polar surface area (TPSA) is 88.1 Å². The molecule has 7 nitrogen and oxygen atoms in total. The van der Waals surface area contributed by atoms with Gasteiger partial charge in [-0.3, -0.25) is 9.59 Å². The van der Waals surface area contributed by atoms with E-state index in [0.29, 0.717) is 25.1 Å². The molecule has 2 aliphatic rings. The van der Waals surface area contributed by atoms with Crippen molar-refractivity contribution in [2.75, 3.05) is 26.2 Å². The second-order valence-corrected chi connectivity index (χ2v) is 11.2. The minimum atomic E-state index is -0.168. The Balaban J connectivity index is 1.21. The van der Waals surface area contributed by atoms with Crippen molar-refractivity contribution in [1.82, 2.24) is 10.2 Å². The molecule has 1 spiro atoms. The van der Waals surface area contributed by atoms with Crippen LogP contribution in [0.1, 0.15) is 52.7 Å². The van der Waals surface area contributed by atoms with E-state index in [0.717, 1.165) is 72.5 Å². The van der Waals surface area contributed by atoms with E-state index in [1.165, 1.54) is 12.1 Å². The Morgan fingerprint density at radius 2 is 1.82 bits per heavy atom. The zero-order valence-electron chi connectivity index (χ0n) is 23.0. The average molecular weight is 563 g/mol. The second-order valence-electron chi connectivity index (χ2n) is 10.8. The van der Waals surface area contributed by atoms with Crippen LogP contribution in [0.2, 0.25) is 5.02 Å². The van der Waals surface area contributed by atoms with Crippen LogP contribution in [0.25, 0.3) is 11.1 Å². The first-order chi connectivity index (χ1) is 19.3. The van der Waals surface area contributed by atoms with Crippen LogP contribution < -0.4 is 14.8 Å². The van der Waals surface area contributed by atoms with Gasteiger partial charge < -0.3 is 24.8 Å². The van der Waals surface area contributed by atoms with Crippen molar-refractivity contribution in [3.05, 3.63) is 75.8 Å². The highest BCUT2D eigenvalue weighted by Gasteiger charge is 2.42. The highest BCUT2D eigenvalue weighted by Crippen LogP contribution is 2.35. The fraction of sp³-hybridized carbons (Fsp3) is 0.375. The first-order valence-corrected chi connectivity index (χ1v) is 14.1. The second kappa shape index (κ2) is 11.9. The summed E-state index contributed by atoms with van der Waals surface area (Å²) in [6.07, 6.45) is 4.11. The maximum absolute atomic E-state index is 11.7. The maximum atomic E-state index is 11.7. The smallest absolute Gasteiger partial charge is 0.220 e. The number of nitrogens with zero attached hydrogens (tertiary/aromatic N) is 1. The van der Waals surface area contributed by atoms with E-state index in [1.807, 2.05) is 24.3 Å². The first-order valence-electron chi connectivity index (χ1n) is 13.7. The number of carbonyl (C=O) groups is 2. The number of carbonyl (C=O) groups excluding carboxylic acids is 2. The number of nitrogens with one attached hydrogen (secondary N) is 1. The van der Waals surface area contributed by atoms with Gasteiger partial charge in [-0.25, -0.2) is 0 Å². The number of hydrogen-bond acceptors (Lipinski definition) is 6. The largest absolute Gasteiger partial charge is 0.507 e. The highest BCUT2D eigenvalue weighted by atomic mass is 35.5. The molecule has 1 amide bonds. The lowest BCUT2D eigenvalue weighted by atomic mass is 9.93. The van der Waals surface area contributed by atoms with E-state index >= 15 is 0 Å². The van der Waals surface area contributed by atoms with Crippen LogP contribution in [0.5, 0.6) is 17.2 Å². The fourth-order valence-electron chi connectivity index (χ4n) is 5.81. The Hall–Kier alpha value is -3.55. The van der Waals surface area contributed by atoms with Gasteiger partial charge in [-0.1, -0.05) is 41.9 Å². The summed E-state index contributed by atoms with van der Waals surface area (Å²) < 4.78 is 12.1. The number of phenolic OH excluding ortho intramolecular Hbond substituents is 1. The van der Waals surface area contributed by atoms with E-state index in [2.05, 4.69) is 36.2 Å². The Bertz CT molecular complexity index is 1420. The van der Waals surface area contributed by atoms with Crippen molar-refractivity contribution in [2.24, 2.45) is 0 Å².